The predicted molar refractivity (Wildman–Crippen MR) is 106 cm³/mol. The van der Waals surface area contributed by atoms with Crippen LogP contribution in [0.25, 0.3) is 0 Å². The van der Waals surface area contributed by atoms with E-state index in [4.69, 9.17) is 0 Å². The van der Waals surface area contributed by atoms with E-state index in [-0.39, 0.29) is 35.3 Å². The monoisotopic (exact) mass is 392 g/mol. The topological polar surface area (TPSA) is 84.3 Å². The van der Waals surface area contributed by atoms with Crippen LogP contribution in [0, 0.1) is 5.92 Å². The molecule has 2 aromatic rings. The third kappa shape index (κ3) is 4.88. The van der Waals surface area contributed by atoms with E-state index in [1.807, 2.05) is 34.6 Å². The van der Waals surface area contributed by atoms with E-state index in [1.54, 1.807) is 28.9 Å². The number of carbonyl (C=O) groups is 1. The van der Waals surface area contributed by atoms with Gasteiger partial charge in [0.05, 0.1) is 11.1 Å². The molecule has 0 aliphatic carbocycles. The van der Waals surface area contributed by atoms with Crippen LogP contribution < -0.4 is 9.62 Å². The molecule has 0 saturated heterocycles. The van der Waals surface area contributed by atoms with Gasteiger partial charge in [0.15, 0.2) is 0 Å². The van der Waals surface area contributed by atoms with Gasteiger partial charge in [-0.05, 0) is 38.8 Å². The Hall–Kier alpha value is -2.35. The number of anilines is 1. The fraction of sp³-hybridized carbons (Fsp3) is 0.474. The van der Waals surface area contributed by atoms with Gasteiger partial charge in [0.1, 0.15) is 12.4 Å². The molecule has 1 heterocycles. The molecule has 1 amide bonds. The summed E-state index contributed by atoms with van der Waals surface area (Å²) in [7, 11) is -3.92. The van der Waals surface area contributed by atoms with Crippen molar-refractivity contribution in [2.75, 3.05) is 10.8 Å². The van der Waals surface area contributed by atoms with Gasteiger partial charge in [-0.1, -0.05) is 32.0 Å². The summed E-state index contributed by atoms with van der Waals surface area (Å²) >= 11 is 0. The lowest BCUT2D eigenvalue weighted by atomic mass is 10.1. The Bertz CT molecular complexity index is 860. The van der Waals surface area contributed by atoms with Crippen molar-refractivity contribution in [2.24, 2.45) is 5.92 Å². The Balaban J connectivity index is 2.43. The van der Waals surface area contributed by atoms with Gasteiger partial charge < -0.3 is 5.32 Å². The summed E-state index contributed by atoms with van der Waals surface area (Å²) in [6, 6.07) is 9.60. The average molecular weight is 393 g/mol. The van der Waals surface area contributed by atoms with Crippen LogP contribution in [-0.4, -0.2) is 36.7 Å². The maximum Gasteiger partial charge on any atom is 0.265 e. The highest BCUT2D eigenvalue weighted by Gasteiger charge is 2.30. The van der Waals surface area contributed by atoms with Gasteiger partial charge in [0.2, 0.25) is 5.91 Å². The first-order valence-corrected chi connectivity index (χ1v) is 10.5. The van der Waals surface area contributed by atoms with Crippen LogP contribution in [-0.2, 0) is 14.8 Å². The molecule has 1 unspecified atom stereocenters. The summed E-state index contributed by atoms with van der Waals surface area (Å²) in [5.41, 5.74) is 0. The summed E-state index contributed by atoms with van der Waals surface area (Å²) in [4.78, 5) is 12.7. The van der Waals surface area contributed by atoms with Crippen molar-refractivity contribution in [1.82, 2.24) is 15.1 Å². The molecule has 2 rings (SSSR count). The highest BCUT2D eigenvalue weighted by Crippen LogP contribution is 2.25. The summed E-state index contributed by atoms with van der Waals surface area (Å²) in [5, 5.41) is 7.09. The molecule has 0 saturated carbocycles. The molecule has 1 N–H and O–H groups in total. The van der Waals surface area contributed by atoms with Crippen molar-refractivity contribution >= 4 is 21.7 Å². The van der Waals surface area contributed by atoms with Crippen LogP contribution in [0.5, 0.6) is 0 Å². The molecule has 0 fully saturated rings. The number of aromatic nitrogens is 2. The minimum atomic E-state index is -3.92. The Morgan fingerprint density at radius 2 is 1.74 bits per heavy atom. The summed E-state index contributed by atoms with van der Waals surface area (Å²) in [5.74, 6) is 0.253. The molecule has 1 atom stereocenters. The molecule has 0 radical (unpaired) electrons. The predicted octanol–water partition coefficient (Wildman–Crippen LogP) is 2.82. The number of nitrogens with zero attached hydrogens (tertiary/aromatic N) is 3. The van der Waals surface area contributed by atoms with Crippen molar-refractivity contribution in [3.05, 3.63) is 42.6 Å². The van der Waals surface area contributed by atoms with Gasteiger partial charge in [-0.25, -0.2) is 17.4 Å². The van der Waals surface area contributed by atoms with Gasteiger partial charge in [0, 0.05) is 18.2 Å². The number of sulfonamides is 1. The first-order chi connectivity index (χ1) is 12.6. The van der Waals surface area contributed by atoms with Crippen molar-refractivity contribution in [3.8, 4) is 0 Å². The number of nitrogens with one attached hydrogen (secondary N) is 1. The van der Waals surface area contributed by atoms with E-state index in [1.165, 1.54) is 18.3 Å². The van der Waals surface area contributed by atoms with Gasteiger partial charge in [-0.2, -0.15) is 5.10 Å². The maximum atomic E-state index is 13.3. The van der Waals surface area contributed by atoms with E-state index in [0.717, 1.165) is 4.31 Å². The van der Waals surface area contributed by atoms with E-state index >= 15 is 0 Å². The minimum absolute atomic E-state index is 0.0545. The standard InChI is InChI=1S/C19H28N4O3S/c1-14(2)16(5)21-18(24)13-22(19-11-12-20-23(19)15(3)4)27(25,26)17-9-7-6-8-10-17/h6-12,14-16H,13H2,1-5H3,(H,21,24). The van der Waals surface area contributed by atoms with Gasteiger partial charge >= 0.3 is 0 Å². The molecule has 0 aliphatic heterocycles. The van der Waals surface area contributed by atoms with Crippen molar-refractivity contribution < 1.29 is 13.2 Å². The van der Waals surface area contributed by atoms with Crippen LogP contribution >= 0.6 is 0 Å². The zero-order valence-corrected chi connectivity index (χ0v) is 17.3. The van der Waals surface area contributed by atoms with Crippen LogP contribution in [0.1, 0.15) is 40.7 Å². The van der Waals surface area contributed by atoms with Gasteiger partial charge in [-0.3, -0.25) is 4.79 Å². The Morgan fingerprint density at radius 1 is 1.11 bits per heavy atom. The summed E-state index contributed by atoms with van der Waals surface area (Å²) in [6.45, 7) is 9.40. The van der Waals surface area contributed by atoms with Crippen molar-refractivity contribution in [3.63, 3.8) is 0 Å². The van der Waals surface area contributed by atoms with E-state index in [9.17, 15) is 13.2 Å². The van der Waals surface area contributed by atoms with Gasteiger partial charge in [0.25, 0.3) is 10.0 Å². The second-order valence-electron chi connectivity index (χ2n) is 7.15. The number of amides is 1. The fourth-order valence-corrected chi connectivity index (χ4v) is 3.94. The third-order valence-corrected chi connectivity index (χ3v) is 6.17. The number of benzene rings is 1. The number of hydrogen-bond acceptors (Lipinski definition) is 4. The largest absolute Gasteiger partial charge is 0.352 e. The number of carbonyl (C=O) groups excluding carboxylic acids is 1. The molecule has 27 heavy (non-hydrogen) atoms. The van der Waals surface area contributed by atoms with E-state index in [0.29, 0.717) is 5.82 Å². The third-order valence-electron chi connectivity index (χ3n) is 4.40. The van der Waals surface area contributed by atoms with Crippen LogP contribution in [0.2, 0.25) is 0 Å². The van der Waals surface area contributed by atoms with Crippen molar-refractivity contribution in [2.45, 2.75) is 51.6 Å². The first-order valence-electron chi connectivity index (χ1n) is 9.05. The molecular weight excluding hydrogens is 364 g/mol. The zero-order valence-electron chi connectivity index (χ0n) is 16.5. The molecule has 7 nitrogen and oxygen atoms in total. The number of rotatable bonds is 8. The second-order valence-corrected chi connectivity index (χ2v) is 9.01. The molecule has 1 aromatic carbocycles. The number of hydrogen-bond donors (Lipinski definition) is 1. The maximum absolute atomic E-state index is 13.3. The second kappa shape index (κ2) is 8.56. The Morgan fingerprint density at radius 3 is 2.30 bits per heavy atom. The Kier molecular flexibility index (Phi) is 6.64. The molecule has 148 valence electrons. The molecular formula is C19H28N4O3S. The zero-order chi connectivity index (χ0) is 20.2. The smallest absolute Gasteiger partial charge is 0.265 e. The first kappa shape index (κ1) is 21.0. The molecule has 0 aliphatic rings. The van der Waals surface area contributed by atoms with E-state index < -0.39 is 10.0 Å². The van der Waals surface area contributed by atoms with Gasteiger partial charge in [-0.15, -0.1) is 0 Å². The summed E-state index contributed by atoms with van der Waals surface area (Å²) < 4.78 is 29.3. The lowest BCUT2D eigenvalue weighted by molar-refractivity contribution is -0.120. The molecule has 0 spiro atoms. The van der Waals surface area contributed by atoms with Crippen molar-refractivity contribution in [1.29, 1.82) is 0 Å². The molecule has 1 aromatic heterocycles. The normalized spacial score (nSPS) is 13.0. The Labute approximate surface area is 161 Å². The average Bonchev–Trinajstić information content (AvgIpc) is 3.09. The van der Waals surface area contributed by atoms with Crippen LogP contribution in [0.4, 0.5) is 5.82 Å². The van der Waals surface area contributed by atoms with E-state index in [2.05, 4.69) is 10.4 Å². The molecule has 8 heteroatoms. The quantitative estimate of drug-likeness (QED) is 0.749. The minimum Gasteiger partial charge on any atom is -0.352 e. The molecule has 0 bridgehead atoms. The lowest BCUT2D eigenvalue weighted by Gasteiger charge is -2.26. The summed E-state index contributed by atoms with van der Waals surface area (Å²) in [6.07, 6.45) is 1.54. The van der Waals surface area contributed by atoms with Crippen LogP contribution in [0.15, 0.2) is 47.5 Å². The fourth-order valence-electron chi connectivity index (χ4n) is 2.51. The highest BCUT2D eigenvalue weighted by atomic mass is 32.2. The lowest BCUT2D eigenvalue weighted by Crippen LogP contribution is -2.45. The van der Waals surface area contributed by atoms with Crippen LogP contribution in [0.3, 0.4) is 0 Å². The highest BCUT2D eigenvalue weighted by molar-refractivity contribution is 7.92. The SMILES string of the molecule is CC(C)C(C)NC(=O)CN(c1ccnn1C(C)C)S(=O)(=O)c1ccccc1.